The van der Waals surface area contributed by atoms with Crippen molar-refractivity contribution in [3.63, 3.8) is 0 Å². The van der Waals surface area contributed by atoms with E-state index in [2.05, 4.69) is 24.1 Å². The van der Waals surface area contributed by atoms with Gasteiger partial charge in [-0.25, -0.2) is 0 Å². The van der Waals surface area contributed by atoms with E-state index in [0.717, 1.165) is 5.92 Å². The minimum atomic E-state index is 0.512. The summed E-state index contributed by atoms with van der Waals surface area (Å²) in [6.45, 7) is 8.43. The molecular formula is C14H28N2O. The van der Waals surface area contributed by atoms with Crippen molar-refractivity contribution in [3.05, 3.63) is 0 Å². The Balaban J connectivity index is 1.70. The minimum Gasteiger partial charge on any atom is -0.381 e. The molecule has 1 aliphatic carbocycles. The quantitative estimate of drug-likeness (QED) is 0.794. The number of nitrogens with zero attached hydrogens (tertiary/aromatic N) is 1. The fourth-order valence-electron chi connectivity index (χ4n) is 3.19. The van der Waals surface area contributed by atoms with Gasteiger partial charge in [0.2, 0.25) is 0 Å². The fourth-order valence-corrected chi connectivity index (χ4v) is 3.19. The van der Waals surface area contributed by atoms with Crippen molar-refractivity contribution < 1.29 is 4.74 Å². The Morgan fingerprint density at radius 3 is 2.82 bits per heavy atom. The maximum atomic E-state index is 5.33. The van der Waals surface area contributed by atoms with Crippen LogP contribution in [0, 0.1) is 5.92 Å². The van der Waals surface area contributed by atoms with Gasteiger partial charge >= 0.3 is 0 Å². The summed E-state index contributed by atoms with van der Waals surface area (Å²) in [4.78, 5) is 2.59. The van der Waals surface area contributed by atoms with Gasteiger partial charge in [-0.3, -0.25) is 0 Å². The lowest BCUT2D eigenvalue weighted by molar-refractivity contribution is 0.0105. The first kappa shape index (κ1) is 13.3. The Labute approximate surface area is 106 Å². The summed E-state index contributed by atoms with van der Waals surface area (Å²) in [7, 11) is 1.82. The highest BCUT2D eigenvalue weighted by Crippen LogP contribution is 2.26. The molecule has 1 saturated carbocycles. The van der Waals surface area contributed by atoms with Gasteiger partial charge in [0.15, 0.2) is 0 Å². The average Bonchev–Trinajstić information content (AvgIpc) is 2.33. The molecule has 1 heterocycles. The van der Waals surface area contributed by atoms with E-state index in [0.29, 0.717) is 18.2 Å². The summed E-state index contributed by atoms with van der Waals surface area (Å²) < 4.78 is 5.33. The maximum Gasteiger partial charge on any atom is 0.0601 e. The SMILES string of the molecule is CCN1CCCC(C(C)NC2CC(OC)C2)C1. The minimum absolute atomic E-state index is 0.512. The molecule has 3 nitrogen and oxygen atoms in total. The average molecular weight is 240 g/mol. The van der Waals surface area contributed by atoms with Crippen LogP contribution >= 0.6 is 0 Å². The molecule has 1 aliphatic heterocycles. The smallest absolute Gasteiger partial charge is 0.0601 e. The molecule has 0 radical (unpaired) electrons. The second-order valence-corrected chi connectivity index (χ2v) is 5.78. The second-order valence-electron chi connectivity index (χ2n) is 5.78. The largest absolute Gasteiger partial charge is 0.381 e. The molecule has 1 N–H and O–H groups in total. The molecule has 2 fully saturated rings. The van der Waals surface area contributed by atoms with Crippen molar-refractivity contribution >= 4 is 0 Å². The van der Waals surface area contributed by atoms with Crippen LogP contribution in [0.2, 0.25) is 0 Å². The van der Waals surface area contributed by atoms with Crippen LogP contribution in [0.5, 0.6) is 0 Å². The topological polar surface area (TPSA) is 24.5 Å². The van der Waals surface area contributed by atoms with Gasteiger partial charge in [-0.2, -0.15) is 0 Å². The number of nitrogens with one attached hydrogen (secondary N) is 1. The Hall–Kier alpha value is -0.120. The van der Waals surface area contributed by atoms with Crippen molar-refractivity contribution in [2.45, 2.75) is 57.7 Å². The van der Waals surface area contributed by atoms with Gasteiger partial charge in [0, 0.05) is 25.7 Å². The normalized spacial score (nSPS) is 36.5. The monoisotopic (exact) mass is 240 g/mol. The van der Waals surface area contributed by atoms with Crippen LogP contribution in [-0.4, -0.2) is 49.8 Å². The molecule has 17 heavy (non-hydrogen) atoms. The van der Waals surface area contributed by atoms with E-state index in [1.807, 2.05) is 7.11 Å². The Morgan fingerprint density at radius 1 is 1.41 bits per heavy atom. The highest BCUT2D eigenvalue weighted by molar-refractivity contribution is 4.90. The number of piperidine rings is 1. The Bertz CT molecular complexity index is 228. The first-order valence-corrected chi connectivity index (χ1v) is 7.24. The molecule has 1 saturated heterocycles. The van der Waals surface area contributed by atoms with E-state index < -0.39 is 0 Å². The molecule has 0 amide bonds. The molecule has 2 atom stereocenters. The van der Waals surface area contributed by atoms with Gasteiger partial charge in [-0.05, 0) is 51.6 Å². The van der Waals surface area contributed by atoms with Crippen LogP contribution in [0.1, 0.15) is 39.5 Å². The Kier molecular flexibility index (Phi) is 4.83. The number of ether oxygens (including phenoxy) is 1. The molecular weight excluding hydrogens is 212 g/mol. The predicted molar refractivity (Wildman–Crippen MR) is 71.3 cm³/mol. The van der Waals surface area contributed by atoms with E-state index in [1.165, 1.54) is 45.3 Å². The van der Waals surface area contributed by atoms with Crippen LogP contribution in [0.25, 0.3) is 0 Å². The first-order chi connectivity index (χ1) is 8.22. The zero-order chi connectivity index (χ0) is 12.3. The van der Waals surface area contributed by atoms with Crippen molar-refractivity contribution in [3.8, 4) is 0 Å². The molecule has 2 rings (SSSR count). The summed E-state index contributed by atoms with van der Waals surface area (Å²) in [6.07, 6.45) is 5.68. The van der Waals surface area contributed by atoms with Crippen molar-refractivity contribution in [1.29, 1.82) is 0 Å². The number of hydrogen-bond acceptors (Lipinski definition) is 3. The number of likely N-dealkylation sites (tertiary alicyclic amines) is 1. The molecule has 3 heteroatoms. The first-order valence-electron chi connectivity index (χ1n) is 7.24. The second kappa shape index (κ2) is 6.17. The molecule has 2 aliphatic rings. The van der Waals surface area contributed by atoms with E-state index in [1.54, 1.807) is 0 Å². The van der Waals surface area contributed by atoms with E-state index in [-0.39, 0.29) is 0 Å². The summed E-state index contributed by atoms with van der Waals surface area (Å²) in [6, 6.07) is 1.36. The lowest BCUT2D eigenvalue weighted by Gasteiger charge is -2.41. The fraction of sp³-hybridized carbons (Fsp3) is 1.00. The summed E-state index contributed by atoms with van der Waals surface area (Å²) in [5.41, 5.74) is 0. The van der Waals surface area contributed by atoms with E-state index in [4.69, 9.17) is 4.74 Å². The summed E-state index contributed by atoms with van der Waals surface area (Å²) in [5, 5.41) is 3.79. The highest BCUT2D eigenvalue weighted by atomic mass is 16.5. The molecule has 0 aromatic heterocycles. The molecule has 2 unspecified atom stereocenters. The molecule has 0 aromatic carbocycles. The van der Waals surface area contributed by atoms with Gasteiger partial charge < -0.3 is 15.0 Å². The number of hydrogen-bond donors (Lipinski definition) is 1. The zero-order valence-corrected chi connectivity index (χ0v) is 11.6. The third kappa shape index (κ3) is 3.43. The van der Waals surface area contributed by atoms with Crippen LogP contribution in [-0.2, 0) is 4.74 Å². The molecule has 0 aromatic rings. The Morgan fingerprint density at radius 2 is 2.18 bits per heavy atom. The summed E-state index contributed by atoms with van der Waals surface area (Å²) in [5.74, 6) is 0.838. The maximum absolute atomic E-state index is 5.33. The summed E-state index contributed by atoms with van der Waals surface area (Å²) >= 11 is 0. The number of rotatable bonds is 5. The van der Waals surface area contributed by atoms with Gasteiger partial charge in [0.1, 0.15) is 0 Å². The standard InChI is InChI=1S/C14H28N2O/c1-4-16-7-5-6-12(10-16)11(2)15-13-8-14(9-13)17-3/h11-15H,4-10H2,1-3H3. The van der Waals surface area contributed by atoms with Crippen molar-refractivity contribution in [2.75, 3.05) is 26.7 Å². The van der Waals surface area contributed by atoms with Gasteiger partial charge in [0.25, 0.3) is 0 Å². The molecule has 0 spiro atoms. The van der Waals surface area contributed by atoms with Gasteiger partial charge in [-0.15, -0.1) is 0 Å². The van der Waals surface area contributed by atoms with Crippen LogP contribution in [0.4, 0.5) is 0 Å². The molecule has 100 valence electrons. The third-order valence-electron chi connectivity index (χ3n) is 4.62. The van der Waals surface area contributed by atoms with Crippen LogP contribution < -0.4 is 5.32 Å². The lowest BCUT2D eigenvalue weighted by Crippen LogP contribution is -2.52. The number of methoxy groups -OCH3 is 1. The van der Waals surface area contributed by atoms with Crippen molar-refractivity contribution in [1.82, 2.24) is 10.2 Å². The zero-order valence-electron chi connectivity index (χ0n) is 11.6. The van der Waals surface area contributed by atoms with Crippen LogP contribution in [0.15, 0.2) is 0 Å². The third-order valence-corrected chi connectivity index (χ3v) is 4.62. The van der Waals surface area contributed by atoms with Gasteiger partial charge in [-0.1, -0.05) is 6.92 Å². The molecule has 0 bridgehead atoms. The van der Waals surface area contributed by atoms with Crippen molar-refractivity contribution in [2.24, 2.45) is 5.92 Å². The lowest BCUT2D eigenvalue weighted by atomic mass is 9.85. The predicted octanol–water partition coefficient (Wildman–Crippen LogP) is 1.87. The van der Waals surface area contributed by atoms with Crippen LogP contribution in [0.3, 0.4) is 0 Å². The highest BCUT2D eigenvalue weighted by Gasteiger charge is 2.32. The van der Waals surface area contributed by atoms with E-state index in [9.17, 15) is 0 Å². The van der Waals surface area contributed by atoms with E-state index >= 15 is 0 Å². The van der Waals surface area contributed by atoms with Gasteiger partial charge in [0.05, 0.1) is 6.10 Å².